The molecule has 2 aromatic rings. The third-order valence-electron chi connectivity index (χ3n) is 3.59. The second kappa shape index (κ2) is 5.21. The number of amides is 1. The van der Waals surface area contributed by atoms with Gasteiger partial charge in [-0.3, -0.25) is 4.79 Å². The van der Waals surface area contributed by atoms with Crippen molar-refractivity contribution in [1.82, 2.24) is 4.90 Å². The monoisotopic (exact) mass is 319 g/mol. The SMILES string of the molecule is O=C(c1ccoc1Br)N1CCC(c2ccccc2)C1. The fourth-order valence-electron chi connectivity index (χ4n) is 2.56. The predicted octanol–water partition coefficient (Wildman–Crippen LogP) is 3.67. The van der Waals surface area contributed by atoms with Gasteiger partial charge >= 0.3 is 0 Å². The molecule has 0 spiro atoms. The van der Waals surface area contributed by atoms with E-state index in [-0.39, 0.29) is 5.91 Å². The Balaban J connectivity index is 1.73. The molecule has 0 N–H and O–H groups in total. The first-order chi connectivity index (χ1) is 9.25. The number of furan rings is 1. The van der Waals surface area contributed by atoms with Crippen molar-refractivity contribution in [3.63, 3.8) is 0 Å². The summed E-state index contributed by atoms with van der Waals surface area (Å²) < 4.78 is 5.64. The maximum Gasteiger partial charge on any atom is 0.258 e. The van der Waals surface area contributed by atoms with Gasteiger partial charge in [0.15, 0.2) is 4.67 Å². The van der Waals surface area contributed by atoms with Gasteiger partial charge in [0.1, 0.15) is 0 Å². The van der Waals surface area contributed by atoms with E-state index in [1.807, 2.05) is 23.1 Å². The lowest BCUT2D eigenvalue weighted by Gasteiger charge is -2.16. The van der Waals surface area contributed by atoms with Crippen LogP contribution in [0.4, 0.5) is 0 Å². The summed E-state index contributed by atoms with van der Waals surface area (Å²) in [6.07, 6.45) is 2.55. The van der Waals surface area contributed by atoms with Crippen LogP contribution < -0.4 is 0 Å². The maximum atomic E-state index is 12.3. The lowest BCUT2D eigenvalue weighted by Crippen LogP contribution is -2.28. The molecule has 0 bridgehead atoms. The molecule has 1 fully saturated rings. The van der Waals surface area contributed by atoms with E-state index in [0.29, 0.717) is 16.2 Å². The topological polar surface area (TPSA) is 33.5 Å². The van der Waals surface area contributed by atoms with Gasteiger partial charge in [0.05, 0.1) is 11.8 Å². The molecule has 1 aromatic heterocycles. The summed E-state index contributed by atoms with van der Waals surface area (Å²) in [7, 11) is 0. The number of benzene rings is 1. The van der Waals surface area contributed by atoms with E-state index in [9.17, 15) is 4.79 Å². The average molecular weight is 320 g/mol. The van der Waals surface area contributed by atoms with Gasteiger partial charge in [-0.2, -0.15) is 0 Å². The third-order valence-corrected chi connectivity index (χ3v) is 4.21. The van der Waals surface area contributed by atoms with Crippen molar-refractivity contribution in [3.05, 3.63) is 58.5 Å². The number of likely N-dealkylation sites (tertiary alicyclic amines) is 1. The zero-order valence-corrected chi connectivity index (χ0v) is 12.0. The van der Waals surface area contributed by atoms with Gasteiger partial charge in [0.2, 0.25) is 0 Å². The number of carbonyl (C=O) groups excluding carboxylic acids is 1. The Bertz CT molecular complexity index is 579. The molecular formula is C15H14BrNO2. The van der Waals surface area contributed by atoms with Gasteiger partial charge in [-0.15, -0.1) is 0 Å². The molecule has 4 heteroatoms. The third kappa shape index (κ3) is 2.45. The van der Waals surface area contributed by atoms with Gasteiger partial charge in [-0.25, -0.2) is 0 Å². The minimum atomic E-state index is 0.0408. The van der Waals surface area contributed by atoms with Crippen molar-refractivity contribution in [2.75, 3.05) is 13.1 Å². The van der Waals surface area contributed by atoms with Crippen LogP contribution in [0, 0.1) is 0 Å². The van der Waals surface area contributed by atoms with Crippen molar-refractivity contribution in [1.29, 1.82) is 0 Å². The largest absolute Gasteiger partial charge is 0.457 e. The van der Waals surface area contributed by atoms with Crippen LogP contribution in [-0.2, 0) is 0 Å². The van der Waals surface area contributed by atoms with Crippen molar-refractivity contribution < 1.29 is 9.21 Å². The van der Waals surface area contributed by atoms with Gasteiger partial charge in [-0.1, -0.05) is 30.3 Å². The number of halogens is 1. The molecule has 1 saturated heterocycles. The highest BCUT2D eigenvalue weighted by atomic mass is 79.9. The van der Waals surface area contributed by atoms with Crippen molar-refractivity contribution in [2.45, 2.75) is 12.3 Å². The summed E-state index contributed by atoms with van der Waals surface area (Å²) in [6.45, 7) is 1.58. The Kier molecular flexibility index (Phi) is 3.42. The van der Waals surface area contributed by atoms with E-state index in [0.717, 1.165) is 19.5 Å². The van der Waals surface area contributed by atoms with Crippen molar-refractivity contribution in [2.24, 2.45) is 0 Å². The van der Waals surface area contributed by atoms with Crippen LogP contribution >= 0.6 is 15.9 Å². The smallest absolute Gasteiger partial charge is 0.258 e. The number of rotatable bonds is 2. The van der Waals surface area contributed by atoms with Crippen LogP contribution in [0.3, 0.4) is 0 Å². The van der Waals surface area contributed by atoms with Crippen LogP contribution in [0.5, 0.6) is 0 Å². The first-order valence-corrected chi connectivity index (χ1v) is 7.12. The minimum Gasteiger partial charge on any atom is -0.457 e. The normalized spacial score (nSPS) is 18.8. The molecule has 0 radical (unpaired) electrons. The van der Waals surface area contributed by atoms with Crippen molar-refractivity contribution in [3.8, 4) is 0 Å². The molecule has 19 heavy (non-hydrogen) atoms. The summed E-state index contributed by atoms with van der Waals surface area (Å²) >= 11 is 3.26. The van der Waals surface area contributed by atoms with Crippen molar-refractivity contribution >= 4 is 21.8 Å². The standard InChI is InChI=1S/C15H14BrNO2/c16-14-13(7-9-19-14)15(18)17-8-6-12(10-17)11-4-2-1-3-5-11/h1-5,7,9,12H,6,8,10H2. The van der Waals surface area contributed by atoms with Gasteiger partial charge in [-0.05, 0) is 34.0 Å². The van der Waals surface area contributed by atoms with E-state index in [4.69, 9.17) is 4.42 Å². The fraction of sp³-hybridized carbons (Fsp3) is 0.267. The zero-order valence-electron chi connectivity index (χ0n) is 10.4. The minimum absolute atomic E-state index is 0.0408. The van der Waals surface area contributed by atoms with E-state index < -0.39 is 0 Å². The Morgan fingerprint density at radius 2 is 2.05 bits per heavy atom. The highest BCUT2D eigenvalue weighted by molar-refractivity contribution is 9.10. The van der Waals surface area contributed by atoms with Crippen LogP contribution in [0.1, 0.15) is 28.3 Å². The Morgan fingerprint density at radius 1 is 1.26 bits per heavy atom. The first kappa shape index (κ1) is 12.5. The first-order valence-electron chi connectivity index (χ1n) is 6.33. The fourth-order valence-corrected chi connectivity index (χ4v) is 2.97. The molecular weight excluding hydrogens is 306 g/mol. The highest BCUT2D eigenvalue weighted by Crippen LogP contribution is 2.29. The van der Waals surface area contributed by atoms with E-state index in [2.05, 4.69) is 28.1 Å². The molecule has 3 rings (SSSR count). The maximum absolute atomic E-state index is 12.3. The molecule has 1 unspecified atom stereocenters. The number of carbonyl (C=O) groups is 1. The Hall–Kier alpha value is -1.55. The Labute approximate surface area is 120 Å². The Morgan fingerprint density at radius 3 is 2.74 bits per heavy atom. The highest BCUT2D eigenvalue weighted by Gasteiger charge is 2.29. The summed E-state index contributed by atoms with van der Waals surface area (Å²) in [5.41, 5.74) is 1.91. The van der Waals surface area contributed by atoms with Crippen LogP contribution in [0.15, 0.2) is 51.7 Å². The molecule has 1 atom stereocenters. The zero-order chi connectivity index (χ0) is 13.2. The number of hydrogen-bond acceptors (Lipinski definition) is 2. The molecule has 98 valence electrons. The van der Waals surface area contributed by atoms with Crippen LogP contribution in [-0.4, -0.2) is 23.9 Å². The van der Waals surface area contributed by atoms with Crippen LogP contribution in [0.25, 0.3) is 0 Å². The molecule has 3 nitrogen and oxygen atoms in total. The van der Waals surface area contributed by atoms with Gasteiger partial charge in [0.25, 0.3) is 5.91 Å². The van der Waals surface area contributed by atoms with Gasteiger partial charge in [0, 0.05) is 19.0 Å². The lowest BCUT2D eigenvalue weighted by atomic mass is 9.99. The molecule has 1 amide bonds. The second-order valence-corrected chi connectivity index (χ2v) is 5.48. The van der Waals surface area contributed by atoms with E-state index >= 15 is 0 Å². The molecule has 2 heterocycles. The molecule has 0 saturated carbocycles. The summed E-state index contributed by atoms with van der Waals surface area (Å²) in [5.74, 6) is 0.481. The lowest BCUT2D eigenvalue weighted by molar-refractivity contribution is 0.0789. The van der Waals surface area contributed by atoms with E-state index in [1.54, 1.807) is 6.07 Å². The quantitative estimate of drug-likeness (QED) is 0.846. The molecule has 1 aliphatic heterocycles. The molecule has 0 aliphatic carbocycles. The molecule has 1 aromatic carbocycles. The molecule has 1 aliphatic rings. The average Bonchev–Trinajstić information content (AvgIpc) is 3.08. The van der Waals surface area contributed by atoms with Crippen LogP contribution in [0.2, 0.25) is 0 Å². The number of nitrogens with zero attached hydrogens (tertiary/aromatic N) is 1. The summed E-state index contributed by atoms with van der Waals surface area (Å²) in [6, 6.07) is 12.1. The number of hydrogen-bond donors (Lipinski definition) is 0. The van der Waals surface area contributed by atoms with E-state index in [1.165, 1.54) is 11.8 Å². The van der Waals surface area contributed by atoms with Gasteiger partial charge < -0.3 is 9.32 Å². The predicted molar refractivity (Wildman–Crippen MR) is 76.1 cm³/mol. The summed E-state index contributed by atoms with van der Waals surface area (Å²) in [5, 5.41) is 0. The summed E-state index contributed by atoms with van der Waals surface area (Å²) in [4.78, 5) is 14.2. The second-order valence-electron chi connectivity index (χ2n) is 4.76.